The summed E-state index contributed by atoms with van der Waals surface area (Å²) in [6, 6.07) is 15.6. The Bertz CT molecular complexity index is 570. The van der Waals surface area contributed by atoms with Crippen molar-refractivity contribution in [1.29, 1.82) is 0 Å². The van der Waals surface area contributed by atoms with Crippen molar-refractivity contribution in [3.8, 4) is 0 Å². The van der Waals surface area contributed by atoms with Gasteiger partial charge in [-0.2, -0.15) is 0 Å². The first-order valence-corrected chi connectivity index (χ1v) is 8.87. The zero-order valence-electron chi connectivity index (χ0n) is 12.5. The molecule has 1 aromatic heterocycles. The number of thioether (sulfide) groups is 1. The van der Waals surface area contributed by atoms with Crippen LogP contribution in [-0.2, 0) is 6.54 Å². The van der Waals surface area contributed by atoms with Crippen LogP contribution >= 0.6 is 11.8 Å². The average Bonchev–Trinajstić information content (AvgIpc) is 2.56. The minimum Gasteiger partial charge on any atom is -0.291 e. The number of hydrogen-bond acceptors (Lipinski definition) is 3. The molecule has 21 heavy (non-hydrogen) atoms. The average molecular weight is 298 g/mol. The van der Waals surface area contributed by atoms with Crippen LogP contribution in [0.15, 0.2) is 53.6 Å². The van der Waals surface area contributed by atoms with E-state index in [0.29, 0.717) is 6.04 Å². The van der Waals surface area contributed by atoms with Gasteiger partial charge in [0.1, 0.15) is 0 Å². The Kier molecular flexibility index (Phi) is 4.94. The van der Waals surface area contributed by atoms with Crippen molar-refractivity contribution < 1.29 is 0 Å². The monoisotopic (exact) mass is 298 g/mol. The minimum atomic E-state index is 0.470. The summed E-state index contributed by atoms with van der Waals surface area (Å²) in [5.41, 5.74) is 2.63. The summed E-state index contributed by atoms with van der Waals surface area (Å²) < 4.78 is 0. The van der Waals surface area contributed by atoms with Crippen molar-refractivity contribution in [2.75, 3.05) is 12.8 Å². The fourth-order valence-corrected chi connectivity index (χ4v) is 3.58. The number of piperidine rings is 1. The van der Waals surface area contributed by atoms with E-state index in [1.165, 1.54) is 42.0 Å². The summed E-state index contributed by atoms with van der Waals surface area (Å²) in [5.74, 6) is 0. The van der Waals surface area contributed by atoms with Crippen LogP contribution < -0.4 is 0 Å². The largest absolute Gasteiger partial charge is 0.291 e. The fourth-order valence-electron chi connectivity index (χ4n) is 3.09. The molecule has 0 N–H and O–H groups in total. The van der Waals surface area contributed by atoms with Crippen molar-refractivity contribution in [2.45, 2.75) is 36.7 Å². The number of aromatic nitrogens is 1. The maximum absolute atomic E-state index is 4.58. The standard InChI is InChI=1S/C18H22N2S/c1-21-16-8-6-7-15(13-16)14-20-12-5-3-10-18(20)17-9-2-4-11-19-17/h2,4,6-9,11,13,18H,3,5,10,12,14H2,1H3/t18-/m1/s1. The molecule has 1 aromatic carbocycles. The second kappa shape index (κ2) is 7.10. The van der Waals surface area contributed by atoms with Gasteiger partial charge in [0, 0.05) is 17.6 Å². The highest BCUT2D eigenvalue weighted by atomic mass is 32.2. The summed E-state index contributed by atoms with van der Waals surface area (Å²) in [7, 11) is 0. The van der Waals surface area contributed by atoms with Crippen LogP contribution in [0, 0.1) is 0 Å². The molecule has 0 aliphatic carbocycles. The molecule has 1 fully saturated rings. The SMILES string of the molecule is CSc1cccc(CN2CCCC[C@@H]2c2ccccn2)c1. The Labute approximate surface area is 131 Å². The van der Waals surface area contributed by atoms with Crippen LogP contribution in [0.4, 0.5) is 0 Å². The molecule has 2 nitrogen and oxygen atoms in total. The summed E-state index contributed by atoms with van der Waals surface area (Å²) >= 11 is 1.81. The van der Waals surface area contributed by atoms with Crippen molar-refractivity contribution >= 4 is 11.8 Å². The summed E-state index contributed by atoms with van der Waals surface area (Å²) in [6.07, 6.45) is 7.88. The topological polar surface area (TPSA) is 16.1 Å². The smallest absolute Gasteiger partial charge is 0.0575 e. The molecular weight excluding hydrogens is 276 g/mol. The van der Waals surface area contributed by atoms with Gasteiger partial charge in [-0.25, -0.2) is 0 Å². The first-order chi connectivity index (χ1) is 10.4. The highest BCUT2D eigenvalue weighted by molar-refractivity contribution is 7.98. The Morgan fingerprint density at radius 2 is 2.14 bits per heavy atom. The van der Waals surface area contributed by atoms with Gasteiger partial charge in [0.2, 0.25) is 0 Å². The number of pyridine rings is 1. The number of nitrogens with zero attached hydrogens (tertiary/aromatic N) is 2. The van der Waals surface area contributed by atoms with E-state index in [4.69, 9.17) is 0 Å². The van der Waals surface area contributed by atoms with Gasteiger partial charge >= 0.3 is 0 Å². The molecule has 3 rings (SSSR count). The normalized spacial score (nSPS) is 19.6. The van der Waals surface area contributed by atoms with Gasteiger partial charge < -0.3 is 0 Å². The Morgan fingerprint density at radius 1 is 1.19 bits per heavy atom. The highest BCUT2D eigenvalue weighted by Gasteiger charge is 2.24. The predicted molar refractivity (Wildman–Crippen MR) is 89.5 cm³/mol. The van der Waals surface area contributed by atoms with Crippen molar-refractivity contribution in [1.82, 2.24) is 9.88 Å². The van der Waals surface area contributed by atoms with Crippen LogP contribution in [-0.4, -0.2) is 22.7 Å². The molecule has 0 radical (unpaired) electrons. The molecule has 1 atom stereocenters. The lowest BCUT2D eigenvalue weighted by atomic mass is 9.98. The van der Waals surface area contributed by atoms with Crippen LogP contribution in [0.2, 0.25) is 0 Å². The molecule has 3 heteroatoms. The van der Waals surface area contributed by atoms with Crippen molar-refractivity contribution in [3.63, 3.8) is 0 Å². The molecular formula is C18H22N2S. The van der Waals surface area contributed by atoms with E-state index in [-0.39, 0.29) is 0 Å². The van der Waals surface area contributed by atoms with E-state index >= 15 is 0 Å². The first-order valence-electron chi connectivity index (χ1n) is 7.65. The van der Waals surface area contributed by atoms with Gasteiger partial charge in [-0.3, -0.25) is 9.88 Å². The lowest BCUT2D eigenvalue weighted by Gasteiger charge is -2.35. The maximum Gasteiger partial charge on any atom is 0.0575 e. The molecule has 1 aliphatic rings. The van der Waals surface area contributed by atoms with Gasteiger partial charge in [0.25, 0.3) is 0 Å². The summed E-state index contributed by atoms with van der Waals surface area (Å²) in [4.78, 5) is 8.52. The van der Waals surface area contributed by atoms with Gasteiger partial charge in [-0.15, -0.1) is 11.8 Å². The Morgan fingerprint density at radius 3 is 2.95 bits per heavy atom. The Hall–Kier alpha value is -1.32. The van der Waals surface area contributed by atoms with E-state index in [1.54, 1.807) is 0 Å². The van der Waals surface area contributed by atoms with Crippen molar-refractivity contribution in [3.05, 3.63) is 59.9 Å². The van der Waals surface area contributed by atoms with Crippen LogP contribution in [0.25, 0.3) is 0 Å². The minimum absolute atomic E-state index is 0.470. The zero-order valence-corrected chi connectivity index (χ0v) is 13.4. The van der Waals surface area contributed by atoms with E-state index in [9.17, 15) is 0 Å². The van der Waals surface area contributed by atoms with Crippen LogP contribution in [0.1, 0.15) is 36.6 Å². The molecule has 2 aromatic rings. The molecule has 0 saturated carbocycles. The van der Waals surface area contributed by atoms with E-state index in [1.807, 2.05) is 24.0 Å². The highest BCUT2D eigenvalue weighted by Crippen LogP contribution is 2.31. The molecule has 0 unspecified atom stereocenters. The molecule has 1 aliphatic heterocycles. The van der Waals surface area contributed by atoms with Gasteiger partial charge in [-0.05, 0) is 55.5 Å². The number of likely N-dealkylation sites (tertiary alicyclic amines) is 1. The third kappa shape index (κ3) is 3.66. The zero-order chi connectivity index (χ0) is 14.5. The van der Waals surface area contributed by atoms with E-state index < -0.39 is 0 Å². The van der Waals surface area contributed by atoms with E-state index in [0.717, 1.165) is 6.54 Å². The van der Waals surface area contributed by atoms with Gasteiger partial charge in [0.15, 0.2) is 0 Å². The summed E-state index contributed by atoms with van der Waals surface area (Å²) in [6.45, 7) is 2.19. The predicted octanol–water partition coefficient (Wildman–Crippen LogP) is 4.53. The Balaban J connectivity index is 1.78. The number of rotatable bonds is 4. The number of hydrogen-bond donors (Lipinski definition) is 0. The van der Waals surface area contributed by atoms with Crippen LogP contribution in [0.5, 0.6) is 0 Å². The molecule has 0 bridgehead atoms. The van der Waals surface area contributed by atoms with Crippen molar-refractivity contribution in [2.24, 2.45) is 0 Å². The maximum atomic E-state index is 4.58. The van der Waals surface area contributed by atoms with Crippen LogP contribution in [0.3, 0.4) is 0 Å². The third-order valence-electron chi connectivity index (χ3n) is 4.16. The summed E-state index contributed by atoms with van der Waals surface area (Å²) in [5, 5.41) is 0. The second-order valence-corrected chi connectivity index (χ2v) is 6.47. The first kappa shape index (κ1) is 14.6. The fraction of sp³-hybridized carbons (Fsp3) is 0.389. The second-order valence-electron chi connectivity index (χ2n) is 5.59. The molecule has 110 valence electrons. The lowest BCUT2D eigenvalue weighted by molar-refractivity contribution is 0.137. The molecule has 1 saturated heterocycles. The molecule has 0 amide bonds. The quantitative estimate of drug-likeness (QED) is 0.771. The third-order valence-corrected chi connectivity index (χ3v) is 4.89. The molecule has 2 heterocycles. The van der Waals surface area contributed by atoms with Gasteiger partial charge in [-0.1, -0.05) is 24.6 Å². The lowest BCUT2D eigenvalue weighted by Crippen LogP contribution is -2.33. The van der Waals surface area contributed by atoms with Gasteiger partial charge in [0.05, 0.1) is 11.7 Å². The molecule has 0 spiro atoms. The number of benzene rings is 1. The van der Waals surface area contributed by atoms with E-state index in [2.05, 4.69) is 52.5 Å².